The van der Waals surface area contributed by atoms with Gasteiger partial charge < -0.3 is 15.8 Å². The van der Waals surface area contributed by atoms with Gasteiger partial charge in [0.15, 0.2) is 0 Å². The van der Waals surface area contributed by atoms with Gasteiger partial charge in [-0.25, -0.2) is 0 Å². The predicted octanol–water partition coefficient (Wildman–Crippen LogP) is 1.92. The van der Waals surface area contributed by atoms with Crippen LogP contribution in [0.4, 0.5) is 11.4 Å². The van der Waals surface area contributed by atoms with Gasteiger partial charge in [-0.05, 0) is 32.0 Å². The number of ether oxygens (including phenoxy) is 1. The van der Waals surface area contributed by atoms with E-state index in [1.165, 1.54) is 12.1 Å². The maximum Gasteiger partial charge on any atom is 0.296 e. The van der Waals surface area contributed by atoms with Crippen LogP contribution < -0.4 is 15.8 Å². The van der Waals surface area contributed by atoms with Crippen LogP contribution in [0.5, 0.6) is 5.75 Å². The lowest BCUT2D eigenvalue weighted by molar-refractivity contribution is -0.384. The lowest BCUT2D eigenvalue weighted by Crippen LogP contribution is -2.23. The summed E-state index contributed by atoms with van der Waals surface area (Å²) in [6, 6.07) is 4.35. The summed E-state index contributed by atoms with van der Waals surface area (Å²) < 4.78 is 5.21. The molecule has 1 unspecified atom stereocenters. The molecule has 0 heterocycles. The van der Waals surface area contributed by atoms with Crippen molar-refractivity contribution in [2.24, 2.45) is 11.7 Å². The van der Waals surface area contributed by atoms with Crippen LogP contribution in [-0.2, 0) is 4.79 Å². The van der Waals surface area contributed by atoms with Crippen LogP contribution in [0.15, 0.2) is 18.2 Å². The van der Waals surface area contributed by atoms with Gasteiger partial charge in [-0.15, -0.1) is 0 Å². The highest BCUT2D eigenvalue weighted by Crippen LogP contribution is 2.29. The van der Waals surface area contributed by atoms with Crippen molar-refractivity contribution in [2.75, 3.05) is 18.5 Å². The number of benzene rings is 1. The molecule has 0 aliphatic rings. The molecule has 7 nitrogen and oxygen atoms in total. The Kier molecular flexibility index (Phi) is 5.92. The Morgan fingerprint density at radius 2 is 2.25 bits per heavy atom. The Morgan fingerprint density at radius 1 is 1.55 bits per heavy atom. The molecule has 7 heteroatoms. The SMILES string of the molecule is CCOc1ccc(NC(=O)C(C)CCN)c([N+](=O)[O-])c1. The molecule has 20 heavy (non-hydrogen) atoms. The average molecular weight is 281 g/mol. The fraction of sp³-hybridized carbons (Fsp3) is 0.462. The molecule has 0 aliphatic carbocycles. The molecule has 1 rings (SSSR count). The van der Waals surface area contributed by atoms with Gasteiger partial charge in [0.2, 0.25) is 5.91 Å². The van der Waals surface area contributed by atoms with Crippen molar-refractivity contribution < 1.29 is 14.5 Å². The average Bonchev–Trinajstić information content (AvgIpc) is 2.40. The molecule has 1 aromatic rings. The second-order valence-electron chi connectivity index (χ2n) is 4.34. The summed E-state index contributed by atoms with van der Waals surface area (Å²) in [6.07, 6.45) is 0.524. The molecule has 0 aromatic heterocycles. The normalized spacial score (nSPS) is 11.8. The smallest absolute Gasteiger partial charge is 0.296 e. The van der Waals surface area contributed by atoms with Crippen LogP contribution in [-0.4, -0.2) is 24.0 Å². The Balaban J connectivity index is 2.94. The van der Waals surface area contributed by atoms with Gasteiger partial charge in [0.25, 0.3) is 5.69 Å². The zero-order valence-corrected chi connectivity index (χ0v) is 11.6. The summed E-state index contributed by atoms with van der Waals surface area (Å²) >= 11 is 0. The van der Waals surface area contributed by atoms with Crippen LogP contribution in [0.25, 0.3) is 0 Å². The minimum absolute atomic E-state index is 0.160. The summed E-state index contributed by atoms with van der Waals surface area (Å²) in [5, 5.41) is 13.6. The van der Waals surface area contributed by atoms with Gasteiger partial charge in [-0.2, -0.15) is 0 Å². The zero-order valence-electron chi connectivity index (χ0n) is 11.6. The van der Waals surface area contributed by atoms with E-state index in [1.807, 2.05) is 0 Å². The monoisotopic (exact) mass is 281 g/mol. The predicted molar refractivity (Wildman–Crippen MR) is 75.7 cm³/mol. The van der Waals surface area contributed by atoms with Crippen molar-refractivity contribution in [1.82, 2.24) is 0 Å². The molecule has 0 saturated heterocycles. The Morgan fingerprint density at radius 3 is 2.80 bits per heavy atom. The lowest BCUT2D eigenvalue weighted by Gasteiger charge is -2.12. The number of hydrogen-bond donors (Lipinski definition) is 2. The summed E-state index contributed by atoms with van der Waals surface area (Å²) in [4.78, 5) is 22.4. The number of hydrogen-bond acceptors (Lipinski definition) is 5. The first-order valence-corrected chi connectivity index (χ1v) is 6.41. The van der Waals surface area contributed by atoms with Crippen LogP contribution in [0.1, 0.15) is 20.3 Å². The molecule has 1 aromatic carbocycles. The Bertz CT molecular complexity index is 491. The van der Waals surface area contributed by atoms with E-state index in [4.69, 9.17) is 10.5 Å². The Labute approximate surface area is 117 Å². The quantitative estimate of drug-likeness (QED) is 0.586. The van der Waals surface area contributed by atoms with Gasteiger partial charge in [0.1, 0.15) is 11.4 Å². The van der Waals surface area contributed by atoms with Crippen molar-refractivity contribution in [2.45, 2.75) is 20.3 Å². The summed E-state index contributed by atoms with van der Waals surface area (Å²) in [6.45, 7) is 4.31. The number of nitro groups is 1. The number of carbonyl (C=O) groups excluding carboxylic acids is 1. The topological polar surface area (TPSA) is 107 Å². The molecular formula is C13H19N3O4. The van der Waals surface area contributed by atoms with Crippen LogP contribution in [0, 0.1) is 16.0 Å². The number of anilines is 1. The molecular weight excluding hydrogens is 262 g/mol. The third-order valence-corrected chi connectivity index (χ3v) is 2.78. The molecule has 1 atom stereocenters. The van der Waals surface area contributed by atoms with Gasteiger partial charge in [0, 0.05) is 5.92 Å². The number of nitrogens with zero attached hydrogens (tertiary/aromatic N) is 1. The molecule has 0 fully saturated rings. The number of nitrogens with two attached hydrogens (primary N) is 1. The molecule has 0 saturated carbocycles. The van der Waals surface area contributed by atoms with E-state index in [2.05, 4.69) is 5.32 Å². The molecule has 0 radical (unpaired) electrons. The summed E-state index contributed by atoms with van der Waals surface area (Å²) in [7, 11) is 0. The number of amides is 1. The minimum Gasteiger partial charge on any atom is -0.494 e. The molecule has 0 aliphatic heterocycles. The highest BCUT2D eigenvalue weighted by molar-refractivity contribution is 5.94. The van der Waals surface area contributed by atoms with E-state index >= 15 is 0 Å². The maximum absolute atomic E-state index is 11.9. The van der Waals surface area contributed by atoms with E-state index in [-0.39, 0.29) is 23.2 Å². The highest BCUT2D eigenvalue weighted by atomic mass is 16.6. The first-order valence-electron chi connectivity index (χ1n) is 6.41. The van der Waals surface area contributed by atoms with Gasteiger partial charge >= 0.3 is 0 Å². The fourth-order valence-electron chi connectivity index (χ4n) is 1.66. The van der Waals surface area contributed by atoms with Gasteiger partial charge in [0.05, 0.1) is 17.6 Å². The molecule has 110 valence electrons. The highest BCUT2D eigenvalue weighted by Gasteiger charge is 2.19. The second-order valence-corrected chi connectivity index (χ2v) is 4.34. The van der Waals surface area contributed by atoms with Crippen molar-refractivity contribution in [3.63, 3.8) is 0 Å². The number of nitrogens with one attached hydrogen (secondary N) is 1. The van der Waals surface area contributed by atoms with Crippen LogP contribution >= 0.6 is 0 Å². The van der Waals surface area contributed by atoms with E-state index in [0.717, 1.165) is 0 Å². The molecule has 0 bridgehead atoms. The first-order chi connectivity index (χ1) is 9.49. The van der Waals surface area contributed by atoms with Crippen molar-refractivity contribution in [3.05, 3.63) is 28.3 Å². The summed E-state index contributed by atoms with van der Waals surface area (Å²) in [5.74, 6) is -0.193. The maximum atomic E-state index is 11.9. The second kappa shape index (κ2) is 7.44. The lowest BCUT2D eigenvalue weighted by atomic mass is 10.1. The summed E-state index contributed by atoms with van der Waals surface area (Å²) in [5.41, 5.74) is 5.36. The largest absolute Gasteiger partial charge is 0.494 e. The van der Waals surface area contributed by atoms with E-state index in [0.29, 0.717) is 25.3 Å². The number of carbonyl (C=O) groups is 1. The zero-order chi connectivity index (χ0) is 15.1. The van der Waals surface area contributed by atoms with Crippen LogP contribution in [0.3, 0.4) is 0 Å². The van der Waals surface area contributed by atoms with Gasteiger partial charge in [-0.1, -0.05) is 6.92 Å². The number of nitro benzene ring substituents is 1. The van der Waals surface area contributed by atoms with Crippen LogP contribution in [0.2, 0.25) is 0 Å². The number of rotatable bonds is 7. The first kappa shape index (κ1) is 15.9. The third kappa shape index (κ3) is 4.20. The van der Waals surface area contributed by atoms with Crippen molar-refractivity contribution >= 4 is 17.3 Å². The molecule has 3 N–H and O–H groups in total. The minimum atomic E-state index is -0.550. The van der Waals surface area contributed by atoms with E-state index < -0.39 is 4.92 Å². The Hall–Kier alpha value is -2.15. The van der Waals surface area contributed by atoms with Crippen molar-refractivity contribution in [3.8, 4) is 5.75 Å². The van der Waals surface area contributed by atoms with Crippen molar-refractivity contribution in [1.29, 1.82) is 0 Å². The fourth-order valence-corrected chi connectivity index (χ4v) is 1.66. The standard InChI is InChI=1S/C13H19N3O4/c1-3-20-10-4-5-11(12(8-10)16(18)19)15-13(17)9(2)6-7-14/h4-5,8-9H,3,6-7,14H2,1-2H3,(H,15,17). The third-order valence-electron chi connectivity index (χ3n) is 2.78. The van der Waals surface area contributed by atoms with E-state index in [9.17, 15) is 14.9 Å². The molecule has 1 amide bonds. The van der Waals surface area contributed by atoms with Gasteiger partial charge in [-0.3, -0.25) is 14.9 Å². The van der Waals surface area contributed by atoms with E-state index in [1.54, 1.807) is 19.9 Å². The molecule has 0 spiro atoms.